The summed E-state index contributed by atoms with van der Waals surface area (Å²) >= 11 is 0. The summed E-state index contributed by atoms with van der Waals surface area (Å²) < 4.78 is 10.5. The summed E-state index contributed by atoms with van der Waals surface area (Å²) in [5.41, 5.74) is 3.72. The molecular weight excluding hydrogens is 358 g/mol. The molecule has 0 N–H and O–H groups in total. The molecule has 0 aromatic heterocycles. The number of esters is 1. The highest BCUT2D eigenvalue weighted by Gasteiger charge is 2.25. The molecule has 0 unspecified atom stereocenters. The second-order valence-electron chi connectivity index (χ2n) is 6.97. The van der Waals surface area contributed by atoms with Gasteiger partial charge in [0.2, 0.25) is 0 Å². The van der Waals surface area contributed by atoms with Gasteiger partial charge in [0.25, 0.3) is 5.91 Å². The van der Waals surface area contributed by atoms with Crippen LogP contribution in [0.3, 0.4) is 0 Å². The molecule has 6 heteroatoms. The van der Waals surface area contributed by atoms with Crippen molar-refractivity contribution in [3.05, 3.63) is 59.2 Å². The van der Waals surface area contributed by atoms with Gasteiger partial charge in [-0.2, -0.15) is 0 Å². The number of fused-ring (bicyclic) bond motifs is 2. The molecule has 4 rings (SSSR count). The number of ketones is 1. The van der Waals surface area contributed by atoms with Crippen molar-refractivity contribution in [3.63, 3.8) is 0 Å². The Hall–Kier alpha value is -3.15. The van der Waals surface area contributed by atoms with Crippen LogP contribution in [-0.2, 0) is 27.2 Å². The number of carbonyl (C=O) groups excluding carboxylic acids is 3. The van der Waals surface area contributed by atoms with Gasteiger partial charge in [0.15, 0.2) is 19.0 Å². The summed E-state index contributed by atoms with van der Waals surface area (Å²) in [5, 5.41) is 0. The zero-order valence-electron chi connectivity index (χ0n) is 15.5. The number of para-hydroxylation sites is 2. The molecule has 2 aromatic carbocycles. The van der Waals surface area contributed by atoms with Gasteiger partial charge in [0.1, 0.15) is 5.75 Å². The highest BCUT2D eigenvalue weighted by atomic mass is 16.5. The maximum atomic E-state index is 12.3. The molecule has 2 aliphatic rings. The van der Waals surface area contributed by atoms with Gasteiger partial charge in [-0.15, -0.1) is 0 Å². The number of ether oxygens (including phenoxy) is 2. The molecule has 1 heterocycles. The standard InChI is InChI=1S/C22H21NO5/c24-19(17-9-8-15-4-3-5-16(15)12-17)13-28-22(26)10-11-23-18-6-1-2-7-20(18)27-14-21(23)25/h1-2,6-9,12H,3-5,10-11,13-14H2. The maximum absolute atomic E-state index is 12.3. The number of benzene rings is 2. The number of carbonyl (C=O) groups is 3. The molecule has 0 fully saturated rings. The SMILES string of the molecule is O=C(CCN1C(=O)COc2ccccc21)OCC(=O)c1ccc2c(c1)CCC2. The van der Waals surface area contributed by atoms with Crippen LogP contribution in [0.5, 0.6) is 5.75 Å². The Labute approximate surface area is 163 Å². The maximum Gasteiger partial charge on any atom is 0.308 e. The lowest BCUT2D eigenvalue weighted by Gasteiger charge is -2.28. The number of hydrogen-bond acceptors (Lipinski definition) is 5. The average molecular weight is 379 g/mol. The summed E-state index contributed by atoms with van der Waals surface area (Å²) in [6, 6.07) is 12.9. The lowest BCUT2D eigenvalue weighted by Crippen LogP contribution is -2.40. The Morgan fingerprint density at radius 2 is 1.89 bits per heavy atom. The van der Waals surface area contributed by atoms with E-state index in [0.29, 0.717) is 17.0 Å². The highest BCUT2D eigenvalue weighted by molar-refractivity contribution is 5.99. The van der Waals surface area contributed by atoms with E-state index in [4.69, 9.17) is 9.47 Å². The molecule has 28 heavy (non-hydrogen) atoms. The summed E-state index contributed by atoms with van der Waals surface area (Å²) in [6.07, 6.45) is 3.18. The van der Waals surface area contributed by atoms with E-state index in [1.165, 1.54) is 16.0 Å². The molecule has 1 amide bonds. The van der Waals surface area contributed by atoms with Gasteiger partial charge in [0.05, 0.1) is 12.1 Å². The third-order valence-electron chi connectivity index (χ3n) is 5.13. The van der Waals surface area contributed by atoms with Crippen molar-refractivity contribution < 1.29 is 23.9 Å². The van der Waals surface area contributed by atoms with Crippen molar-refractivity contribution >= 4 is 23.3 Å². The predicted octanol–water partition coefficient (Wildman–Crippen LogP) is 2.72. The van der Waals surface area contributed by atoms with Crippen LogP contribution in [-0.4, -0.2) is 37.4 Å². The van der Waals surface area contributed by atoms with E-state index in [-0.39, 0.29) is 37.9 Å². The van der Waals surface area contributed by atoms with E-state index < -0.39 is 5.97 Å². The Morgan fingerprint density at radius 3 is 2.79 bits per heavy atom. The zero-order chi connectivity index (χ0) is 19.5. The van der Waals surface area contributed by atoms with Crippen LogP contribution in [0.1, 0.15) is 34.3 Å². The van der Waals surface area contributed by atoms with Gasteiger partial charge in [-0.05, 0) is 48.6 Å². The molecule has 1 aliphatic heterocycles. The Kier molecular flexibility index (Phi) is 5.10. The summed E-state index contributed by atoms with van der Waals surface area (Å²) in [6.45, 7) is -0.154. The van der Waals surface area contributed by atoms with Crippen LogP contribution < -0.4 is 9.64 Å². The first-order valence-electron chi connectivity index (χ1n) is 9.44. The lowest BCUT2D eigenvalue weighted by atomic mass is 10.0. The molecule has 6 nitrogen and oxygen atoms in total. The summed E-state index contributed by atoms with van der Waals surface area (Å²) in [5.74, 6) is -0.315. The third-order valence-corrected chi connectivity index (χ3v) is 5.13. The van der Waals surface area contributed by atoms with Crippen LogP contribution in [0.4, 0.5) is 5.69 Å². The van der Waals surface area contributed by atoms with Crippen molar-refractivity contribution in [1.29, 1.82) is 0 Å². The topological polar surface area (TPSA) is 72.9 Å². The predicted molar refractivity (Wildman–Crippen MR) is 103 cm³/mol. The van der Waals surface area contributed by atoms with E-state index in [1.807, 2.05) is 18.2 Å². The van der Waals surface area contributed by atoms with Gasteiger partial charge < -0.3 is 14.4 Å². The van der Waals surface area contributed by atoms with Crippen molar-refractivity contribution in [2.45, 2.75) is 25.7 Å². The van der Waals surface area contributed by atoms with E-state index in [2.05, 4.69) is 0 Å². The smallest absolute Gasteiger partial charge is 0.308 e. The van der Waals surface area contributed by atoms with Crippen LogP contribution in [0.2, 0.25) is 0 Å². The highest BCUT2D eigenvalue weighted by Crippen LogP contribution is 2.31. The number of Topliss-reactive ketones (excluding diaryl/α,β-unsaturated/α-hetero) is 1. The Morgan fingerprint density at radius 1 is 1.07 bits per heavy atom. The number of anilines is 1. The molecule has 1 aliphatic carbocycles. The quantitative estimate of drug-likeness (QED) is 0.570. The fourth-order valence-corrected chi connectivity index (χ4v) is 3.65. The minimum Gasteiger partial charge on any atom is -0.482 e. The summed E-state index contributed by atoms with van der Waals surface area (Å²) in [4.78, 5) is 38.0. The van der Waals surface area contributed by atoms with Crippen molar-refractivity contribution in [2.24, 2.45) is 0 Å². The second-order valence-corrected chi connectivity index (χ2v) is 6.97. The average Bonchev–Trinajstić information content (AvgIpc) is 3.19. The number of rotatable bonds is 6. The number of nitrogens with zero attached hydrogens (tertiary/aromatic N) is 1. The normalized spacial score (nSPS) is 14.9. The van der Waals surface area contributed by atoms with E-state index in [0.717, 1.165) is 19.3 Å². The van der Waals surface area contributed by atoms with Gasteiger partial charge in [-0.1, -0.05) is 24.3 Å². The number of amides is 1. The largest absolute Gasteiger partial charge is 0.482 e. The Balaban J connectivity index is 1.30. The van der Waals surface area contributed by atoms with Gasteiger partial charge in [-0.25, -0.2) is 0 Å². The molecule has 0 bridgehead atoms. The van der Waals surface area contributed by atoms with Gasteiger partial charge in [-0.3, -0.25) is 14.4 Å². The minimum absolute atomic E-state index is 0.0115. The monoisotopic (exact) mass is 379 g/mol. The van der Waals surface area contributed by atoms with Crippen molar-refractivity contribution in [1.82, 2.24) is 0 Å². The first kappa shape index (κ1) is 18.2. The molecule has 0 atom stereocenters. The number of hydrogen-bond donors (Lipinski definition) is 0. The molecule has 0 saturated heterocycles. The van der Waals surface area contributed by atoms with Crippen LogP contribution in [0.15, 0.2) is 42.5 Å². The number of aryl methyl sites for hydroxylation is 2. The molecule has 144 valence electrons. The van der Waals surface area contributed by atoms with E-state index in [1.54, 1.807) is 24.3 Å². The van der Waals surface area contributed by atoms with Gasteiger partial charge >= 0.3 is 5.97 Å². The van der Waals surface area contributed by atoms with E-state index in [9.17, 15) is 14.4 Å². The van der Waals surface area contributed by atoms with Crippen molar-refractivity contribution in [3.8, 4) is 5.75 Å². The fourth-order valence-electron chi connectivity index (χ4n) is 3.65. The first-order valence-corrected chi connectivity index (χ1v) is 9.44. The molecule has 0 spiro atoms. The van der Waals surface area contributed by atoms with E-state index >= 15 is 0 Å². The first-order chi connectivity index (χ1) is 13.6. The third kappa shape index (κ3) is 3.76. The zero-order valence-corrected chi connectivity index (χ0v) is 15.5. The molecule has 0 radical (unpaired) electrons. The molecular formula is C22H21NO5. The Bertz CT molecular complexity index is 936. The summed E-state index contributed by atoms with van der Waals surface area (Å²) in [7, 11) is 0. The van der Waals surface area contributed by atoms with Gasteiger partial charge in [0, 0.05) is 12.1 Å². The van der Waals surface area contributed by atoms with Crippen LogP contribution in [0.25, 0.3) is 0 Å². The van der Waals surface area contributed by atoms with Crippen LogP contribution in [0, 0.1) is 0 Å². The molecule has 0 saturated carbocycles. The van der Waals surface area contributed by atoms with Crippen LogP contribution >= 0.6 is 0 Å². The minimum atomic E-state index is -0.508. The fraction of sp³-hybridized carbons (Fsp3) is 0.318. The molecule has 2 aromatic rings. The second kappa shape index (κ2) is 7.84. The van der Waals surface area contributed by atoms with Crippen molar-refractivity contribution in [2.75, 3.05) is 24.7 Å². The lowest BCUT2D eigenvalue weighted by molar-refractivity contribution is -0.142.